The Morgan fingerprint density at radius 2 is 1.62 bits per heavy atom. The summed E-state index contributed by atoms with van der Waals surface area (Å²) in [6, 6.07) is 27.0. The zero-order valence-electron chi connectivity index (χ0n) is 16.7. The molecule has 1 N–H and O–H groups in total. The Bertz CT molecular complexity index is 1450. The van der Waals surface area contributed by atoms with Gasteiger partial charge in [0.25, 0.3) is 5.91 Å². The summed E-state index contributed by atoms with van der Waals surface area (Å²) in [4.78, 5) is 23.3. The Morgan fingerprint density at radius 3 is 2.47 bits per heavy atom. The van der Waals surface area contributed by atoms with E-state index in [9.17, 15) is 9.70 Å². The number of nitrogens with zero attached hydrogens (tertiary/aromatic N) is 5. The summed E-state index contributed by atoms with van der Waals surface area (Å²) in [5.41, 5.74) is 4.24. The molecule has 0 aliphatic rings. The fraction of sp³-hybridized carbons (Fsp3) is 0. The Hall–Kier alpha value is -4.72. The molecule has 0 aliphatic carbocycles. The average molecular weight is 420 g/mol. The van der Waals surface area contributed by atoms with Crippen LogP contribution >= 0.6 is 0 Å². The maximum Gasteiger partial charge on any atom is 0.255 e. The second-order valence-corrected chi connectivity index (χ2v) is 7.05. The fourth-order valence-corrected chi connectivity index (χ4v) is 3.37. The molecule has 154 valence electrons. The first-order valence-electron chi connectivity index (χ1n) is 9.84. The van der Waals surface area contributed by atoms with E-state index in [1.54, 1.807) is 28.8 Å². The van der Waals surface area contributed by atoms with Crippen molar-refractivity contribution in [1.29, 1.82) is 0 Å². The Balaban J connectivity index is 1.46. The van der Waals surface area contributed by atoms with E-state index in [-0.39, 0.29) is 11.6 Å². The highest BCUT2D eigenvalue weighted by Gasteiger charge is 2.12. The number of hydrogen-bond acceptors (Lipinski definition) is 6. The number of rotatable bonds is 5. The number of anilines is 1. The number of carbonyl (C=O) groups is 1. The molecule has 0 saturated heterocycles. The van der Waals surface area contributed by atoms with Crippen molar-refractivity contribution in [2.75, 3.05) is 5.32 Å². The molecule has 0 radical (unpaired) electrons. The van der Waals surface area contributed by atoms with Crippen LogP contribution in [-0.2, 0) is 0 Å². The van der Waals surface area contributed by atoms with Gasteiger partial charge in [-0.05, 0) is 47.6 Å². The number of amides is 1. The van der Waals surface area contributed by atoms with Crippen LogP contribution in [0.3, 0.4) is 0 Å². The Kier molecular flexibility index (Phi) is 4.93. The highest BCUT2D eigenvalue weighted by molar-refractivity contribution is 6.05. The number of nitrogens with one attached hydrogen (secondary N) is 1. The number of carbonyl (C=O) groups excluding carboxylic acids is 1. The molecule has 2 heterocycles. The molecule has 1 amide bonds. The molecular weight excluding hydrogens is 404 g/mol. The molecule has 32 heavy (non-hydrogen) atoms. The van der Waals surface area contributed by atoms with Crippen molar-refractivity contribution in [3.8, 4) is 22.6 Å². The lowest BCUT2D eigenvalue weighted by molar-refractivity contribution is 0.102. The highest BCUT2D eigenvalue weighted by Crippen LogP contribution is 2.24. The molecule has 5 rings (SSSR count). The quantitative estimate of drug-likeness (QED) is 0.398. The molecule has 0 fully saturated rings. The summed E-state index contributed by atoms with van der Waals surface area (Å²) >= 11 is 0. The van der Waals surface area contributed by atoms with Crippen molar-refractivity contribution in [2.24, 2.45) is 5.18 Å². The predicted octanol–water partition coefficient (Wildman–Crippen LogP) is 5.11. The van der Waals surface area contributed by atoms with Crippen molar-refractivity contribution in [3.05, 3.63) is 101 Å². The maximum atomic E-state index is 12.6. The molecule has 5 aromatic rings. The molecule has 0 aliphatic heterocycles. The van der Waals surface area contributed by atoms with Gasteiger partial charge in [-0.1, -0.05) is 48.5 Å². The van der Waals surface area contributed by atoms with E-state index in [1.807, 2.05) is 60.7 Å². The van der Waals surface area contributed by atoms with Gasteiger partial charge in [0.05, 0.1) is 5.69 Å². The third-order valence-electron chi connectivity index (χ3n) is 4.92. The second kappa shape index (κ2) is 8.19. The molecule has 3 aromatic carbocycles. The van der Waals surface area contributed by atoms with Gasteiger partial charge in [-0.15, -0.1) is 15.1 Å². The molecule has 0 unspecified atom stereocenters. The fourth-order valence-electron chi connectivity index (χ4n) is 3.37. The van der Waals surface area contributed by atoms with Gasteiger partial charge in [-0.25, -0.2) is 0 Å². The van der Waals surface area contributed by atoms with Gasteiger partial charge in [0, 0.05) is 22.4 Å². The van der Waals surface area contributed by atoms with E-state index >= 15 is 0 Å². The molecule has 2 aromatic heterocycles. The van der Waals surface area contributed by atoms with Gasteiger partial charge < -0.3 is 5.32 Å². The number of hydrogen-bond donors (Lipinski definition) is 1. The molecule has 8 heteroatoms. The lowest BCUT2D eigenvalue weighted by Gasteiger charge is -2.08. The van der Waals surface area contributed by atoms with E-state index in [1.165, 1.54) is 6.07 Å². The number of nitroso groups, excluding NO2 is 1. The van der Waals surface area contributed by atoms with Crippen LogP contribution in [0.15, 0.2) is 96.2 Å². The lowest BCUT2D eigenvalue weighted by Crippen LogP contribution is -2.11. The van der Waals surface area contributed by atoms with Gasteiger partial charge >= 0.3 is 0 Å². The van der Waals surface area contributed by atoms with Crippen molar-refractivity contribution < 1.29 is 4.79 Å². The van der Waals surface area contributed by atoms with Crippen LogP contribution in [0.4, 0.5) is 11.4 Å². The summed E-state index contributed by atoms with van der Waals surface area (Å²) in [7, 11) is 0. The summed E-state index contributed by atoms with van der Waals surface area (Å²) in [6.07, 6.45) is 0. The van der Waals surface area contributed by atoms with Crippen LogP contribution in [0, 0.1) is 4.91 Å². The monoisotopic (exact) mass is 420 g/mol. The van der Waals surface area contributed by atoms with Gasteiger partial charge in [-0.3, -0.25) is 4.79 Å². The average Bonchev–Trinajstić information content (AvgIpc) is 3.28. The SMILES string of the molecule is O=Nc1cccc(C(=O)Nc2cccc(-c3ccc4nnc(-c5ccccc5)n4n3)c2)c1. The smallest absolute Gasteiger partial charge is 0.255 e. The van der Waals surface area contributed by atoms with Crippen LogP contribution in [0.2, 0.25) is 0 Å². The van der Waals surface area contributed by atoms with E-state index < -0.39 is 0 Å². The minimum Gasteiger partial charge on any atom is -0.322 e. The van der Waals surface area contributed by atoms with Crippen molar-refractivity contribution in [3.63, 3.8) is 0 Å². The Labute approximate surface area is 182 Å². The summed E-state index contributed by atoms with van der Waals surface area (Å²) in [5.74, 6) is 0.316. The minimum atomic E-state index is -0.332. The predicted molar refractivity (Wildman–Crippen MR) is 122 cm³/mol. The van der Waals surface area contributed by atoms with Crippen LogP contribution < -0.4 is 5.32 Å². The summed E-state index contributed by atoms with van der Waals surface area (Å²) in [5, 5.41) is 18.9. The summed E-state index contributed by atoms with van der Waals surface area (Å²) < 4.78 is 1.70. The first kappa shape index (κ1) is 19.3. The van der Waals surface area contributed by atoms with Crippen molar-refractivity contribution in [1.82, 2.24) is 19.8 Å². The van der Waals surface area contributed by atoms with Gasteiger partial charge in [0.2, 0.25) is 0 Å². The Morgan fingerprint density at radius 1 is 0.812 bits per heavy atom. The molecule has 8 nitrogen and oxygen atoms in total. The van der Waals surface area contributed by atoms with Gasteiger partial charge in [0.15, 0.2) is 11.5 Å². The second-order valence-electron chi connectivity index (χ2n) is 7.05. The zero-order chi connectivity index (χ0) is 21.9. The third-order valence-corrected chi connectivity index (χ3v) is 4.92. The molecule has 0 bridgehead atoms. The van der Waals surface area contributed by atoms with E-state index in [4.69, 9.17) is 5.10 Å². The van der Waals surface area contributed by atoms with E-state index in [0.717, 1.165) is 11.1 Å². The molecule has 0 saturated carbocycles. The number of benzene rings is 3. The van der Waals surface area contributed by atoms with Crippen LogP contribution in [0.1, 0.15) is 10.4 Å². The summed E-state index contributed by atoms with van der Waals surface area (Å²) in [6.45, 7) is 0. The van der Waals surface area contributed by atoms with E-state index in [2.05, 4.69) is 20.7 Å². The first-order chi connectivity index (χ1) is 15.7. The van der Waals surface area contributed by atoms with Crippen LogP contribution in [-0.4, -0.2) is 25.7 Å². The minimum absolute atomic E-state index is 0.201. The molecule has 0 spiro atoms. The first-order valence-corrected chi connectivity index (χ1v) is 9.84. The lowest BCUT2D eigenvalue weighted by atomic mass is 10.1. The normalized spacial score (nSPS) is 10.8. The zero-order valence-corrected chi connectivity index (χ0v) is 16.7. The standard InChI is InChI=1S/C24H16N6O2/c31-24(18-9-5-11-20(15-18)29-32)25-19-10-4-8-17(14-19)21-12-13-22-26-27-23(30(22)28-21)16-6-2-1-3-7-16/h1-15H,(H,25,31). The number of fused-ring (bicyclic) bond motifs is 1. The van der Waals surface area contributed by atoms with Gasteiger partial charge in [-0.2, -0.15) is 9.61 Å². The van der Waals surface area contributed by atoms with Crippen molar-refractivity contribution >= 4 is 22.9 Å². The van der Waals surface area contributed by atoms with Crippen molar-refractivity contribution in [2.45, 2.75) is 0 Å². The molecular formula is C24H16N6O2. The largest absolute Gasteiger partial charge is 0.322 e. The molecule has 0 atom stereocenters. The highest BCUT2D eigenvalue weighted by atomic mass is 16.3. The maximum absolute atomic E-state index is 12.6. The van der Waals surface area contributed by atoms with Crippen LogP contribution in [0.25, 0.3) is 28.3 Å². The number of aromatic nitrogens is 4. The van der Waals surface area contributed by atoms with Crippen LogP contribution in [0.5, 0.6) is 0 Å². The van der Waals surface area contributed by atoms with Gasteiger partial charge in [0.1, 0.15) is 5.69 Å². The van der Waals surface area contributed by atoms with E-state index in [0.29, 0.717) is 28.4 Å². The topological polar surface area (TPSA) is 102 Å². The third kappa shape index (κ3) is 3.72.